The van der Waals surface area contributed by atoms with Gasteiger partial charge in [0.2, 0.25) is 11.8 Å². The zero-order valence-corrected chi connectivity index (χ0v) is 22.0. The number of nitrogens with zero attached hydrogens (tertiary/aromatic N) is 1. The molecule has 2 unspecified atom stereocenters. The van der Waals surface area contributed by atoms with E-state index in [9.17, 15) is 9.59 Å². The van der Waals surface area contributed by atoms with Gasteiger partial charge in [0.1, 0.15) is 5.75 Å². The number of hydrogen-bond acceptors (Lipinski definition) is 3. The summed E-state index contributed by atoms with van der Waals surface area (Å²) in [5.41, 5.74) is 3.83. The molecule has 194 valence electrons. The van der Waals surface area contributed by atoms with E-state index in [0.717, 1.165) is 52.7 Å². The van der Waals surface area contributed by atoms with Gasteiger partial charge in [-0.05, 0) is 66.9 Å². The van der Waals surface area contributed by atoms with Crippen molar-refractivity contribution in [3.63, 3.8) is 0 Å². The fourth-order valence-electron chi connectivity index (χ4n) is 5.93. The number of aromatic nitrogens is 1. The molecule has 2 aliphatic rings. The fraction of sp³-hybridized carbons (Fsp3) is 0.419. The zero-order chi connectivity index (χ0) is 25.9. The van der Waals surface area contributed by atoms with Crippen molar-refractivity contribution in [1.29, 1.82) is 0 Å². The average Bonchev–Trinajstić information content (AvgIpc) is 3.29. The number of carbonyl (C=O) groups excluding carboxylic acids is 2. The minimum Gasteiger partial charge on any atom is -0.491 e. The van der Waals surface area contributed by atoms with Crippen LogP contribution in [0.15, 0.2) is 54.7 Å². The van der Waals surface area contributed by atoms with Crippen LogP contribution in [0.4, 0.5) is 5.69 Å². The van der Waals surface area contributed by atoms with Crippen molar-refractivity contribution in [2.75, 3.05) is 25.0 Å². The summed E-state index contributed by atoms with van der Waals surface area (Å²) in [6.07, 6.45) is 8.55. The number of piperidine rings is 1. The van der Waals surface area contributed by atoms with Crippen LogP contribution < -0.4 is 10.1 Å². The number of rotatable bonds is 7. The molecule has 2 bridgehead atoms. The maximum atomic E-state index is 13.6. The smallest absolute Gasteiger partial charge is 0.246 e. The Morgan fingerprint density at radius 2 is 1.86 bits per heavy atom. The summed E-state index contributed by atoms with van der Waals surface area (Å²) in [6.45, 7) is 8.07. The summed E-state index contributed by atoms with van der Waals surface area (Å²) in [5, 5.41) is 4.32. The molecule has 3 aromatic rings. The van der Waals surface area contributed by atoms with Gasteiger partial charge in [-0.2, -0.15) is 0 Å². The van der Waals surface area contributed by atoms with Crippen LogP contribution in [0.2, 0.25) is 0 Å². The van der Waals surface area contributed by atoms with Crippen molar-refractivity contribution >= 4 is 34.5 Å². The number of para-hydroxylation sites is 2. The number of benzene rings is 2. The van der Waals surface area contributed by atoms with E-state index >= 15 is 0 Å². The predicted molar refractivity (Wildman–Crippen MR) is 148 cm³/mol. The number of aromatic amines is 1. The summed E-state index contributed by atoms with van der Waals surface area (Å²) in [7, 11) is 0. The molecule has 1 saturated heterocycles. The lowest BCUT2D eigenvalue weighted by atomic mass is 9.68. The average molecular weight is 500 g/mol. The van der Waals surface area contributed by atoms with E-state index in [1.807, 2.05) is 60.5 Å². The van der Waals surface area contributed by atoms with E-state index in [0.29, 0.717) is 25.6 Å². The number of hydrogen-bond donors (Lipinski definition) is 2. The Bertz CT molecular complexity index is 1290. The number of likely N-dealkylation sites (tertiary alicyclic amines) is 1. The second kappa shape index (κ2) is 10.8. The van der Waals surface area contributed by atoms with Crippen LogP contribution in [0.25, 0.3) is 17.0 Å². The van der Waals surface area contributed by atoms with Gasteiger partial charge in [-0.25, -0.2) is 0 Å². The molecule has 2 heterocycles. The first-order valence-electron chi connectivity index (χ1n) is 13.5. The van der Waals surface area contributed by atoms with E-state index in [1.54, 1.807) is 6.08 Å². The highest BCUT2D eigenvalue weighted by atomic mass is 16.5. The number of H-pyrrole nitrogens is 1. The zero-order valence-electron chi connectivity index (χ0n) is 22.0. The number of amides is 2. The molecule has 6 heteroatoms. The number of nitrogens with one attached hydrogen (secondary N) is 2. The summed E-state index contributed by atoms with van der Waals surface area (Å²) < 4.78 is 6.02. The molecule has 0 radical (unpaired) electrons. The van der Waals surface area contributed by atoms with Crippen LogP contribution in [0.1, 0.15) is 44.2 Å². The van der Waals surface area contributed by atoms with Crippen molar-refractivity contribution in [3.05, 3.63) is 65.9 Å². The summed E-state index contributed by atoms with van der Waals surface area (Å²) in [6, 6.07) is 14.0. The third-order valence-electron chi connectivity index (χ3n) is 7.77. The van der Waals surface area contributed by atoms with Crippen molar-refractivity contribution in [2.24, 2.45) is 23.7 Å². The molecule has 1 aliphatic heterocycles. The minimum absolute atomic E-state index is 0.0179. The molecule has 2 amide bonds. The molecule has 1 aliphatic carbocycles. The van der Waals surface area contributed by atoms with Gasteiger partial charge in [0.25, 0.3) is 0 Å². The predicted octanol–water partition coefficient (Wildman–Crippen LogP) is 6.04. The quantitative estimate of drug-likeness (QED) is 0.389. The molecule has 1 aromatic heterocycles. The summed E-state index contributed by atoms with van der Waals surface area (Å²) in [4.78, 5) is 32.0. The van der Waals surface area contributed by atoms with Gasteiger partial charge in [-0.15, -0.1) is 0 Å². The van der Waals surface area contributed by atoms with Crippen molar-refractivity contribution < 1.29 is 14.3 Å². The highest BCUT2D eigenvalue weighted by Gasteiger charge is 2.44. The van der Waals surface area contributed by atoms with Crippen LogP contribution in [-0.2, 0) is 9.59 Å². The Morgan fingerprint density at radius 1 is 1.11 bits per heavy atom. The van der Waals surface area contributed by atoms with Crippen molar-refractivity contribution in [2.45, 2.75) is 40.0 Å². The molecule has 5 rings (SSSR count). The van der Waals surface area contributed by atoms with Gasteiger partial charge < -0.3 is 19.9 Å². The molecule has 1 saturated carbocycles. The topological polar surface area (TPSA) is 74.4 Å². The molecule has 2 atom stereocenters. The van der Waals surface area contributed by atoms with E-state index in [-0.39, 0.29) is 29.6 Å². The molecule has 2 fully saturated rings. The third-order valence-corrected chi connectivity index (χ3v) is 7.77. The largest absolute Gasteiger partial charge is 0.491 e. The normalized spacial score (nSPS) is 21.5. The Kier molecular flexibility index (Phi) is 7.36. The summed E-state index contributed by atoms with van der Waals surface area (Å²) in [5.74, 6) is 1.44. The molecule has 6 nitrogen and oxygen atoms in total. The van der Waals surface area contributed by atoms with Crippen LogP contribution >= 0.6 is 0 Å². The Morgan fingerprint density at radius 3 is 2.62 bits per heavy atom. The lowest BCUT2D eigenvalue weighted by Crippen LogP contribution is -2.53. The number of fused-ring (bicyclic) bond motifs is 3. The molecule has 2 aromatic carbocycles. The highest BCUT2D eigenvalue weighted by Crippen LogP contribution is 2.41. The number of anilines is 1. The van der Waals surface area contributed by atoms with Gasteiger partial charge in [0.15, 0.2) is 0 Å². The van der Waals surface area contributed by atoms with Gasteiger partial charge in [0.05, 0.1) is 12.3 Å². The van der Waals surface area contributed by atoms with E-state index in [2.05, 4.69) is 30.2 Å². The van der Waals surface area contributed by atoms with Gasteiger partial charge in [0, 0.05) is 42.2 Å². The number of ether oxygens (including phenoxy) is 1. The maximum Gasteiger partial charge on any atom is 0.246 e. The molecular formula is C31H37N3O3. The van der Waals surface area contributed by atoms with Crippen LogP contribution in [0.5, 0.6) is 5.75 Å². The summed E-state index contributed by atoms with van der Waals surface area (Å²) >= 11 is 0. The van der Waals surface area contributed by atoms with Crippen LogP contribution in [0, 0.1) is 30.6 Å². The van der Waals surface area contributed by atoms with E-state index in [1.165, 1.54) is 0 Å². The number of carbonyl (C=O) groups is 2. The van der Waals surface area contributed by atoms with Crippen molar-refractivity contribution in [3.8, 4) is 5.75 Å². The van der Waals surface area contributed by atoms with Crippen molar-refractivity contribution in [1.82, 2.24) is 9.88 Å². The second-order valence-corrected chi connectivity index (χ2v) is 11.0. The highest BCUT2D eigenvalue weighted by molar-refractivity contribution is 5.97. The maximum absolute atomic E-state index is 13.6. The molecule has 2 N–H and O–H groups in total. The third kappa shape index (κ3) is 5.43. The van der Waals surface area contributed by atoms with E-state index in [4.69, 9.17) is 4.74 Å². The first-order valence-corrected chi connectivity index (χ1v) is 13.5. The molecular weight excluding hydrogens is 462 g/mol. The first kappa shape index (κ1) is 25.1. The molecule has 0 spiro atoms. The SMILES string of the molecule is Cc1cccc(OCC(C)C)c1NC(=O)C1C2CCCC1CN(C(=O)/C=C/c1c[nH]c3ccccc13)C2. The lowest BCUT2D eigenvalue weighted by Gasteiger charge is -2.46. The monoisotopic (exact) mass is 499 g/mol. The fourth-order valence-corrected chi connectivity index (χ4v) is 5.93. The molecule has 37 heavy (non-hydrogen) atoms. The lowest BCUT2D eigenvalue weighted by molar-refractivity contribution is -0.138. The Labute approximate surface area is 219 Å². The standard InChI is InChI=1S/C31H37N3O3/c1-20(2)19-37-27-13-6-8-21(3)30(27)33-31(36)29-23-9-7-10-24(29)18-34(17-23)28(35)15-14-22-16-32-26-12-5-4-11-25(22)26/h4-6,8,11-16,20,23-24,29,32H,7,9-10,17-19H2,1-3H3,(H,33,36)/b15-14+. The van der Waals surface area contributed by atoms with E-state index < -0.39 is 0 Å². The minimum atomic E-state index is -0.0899. The Hall–Kier alpha value is -3.54. The van der Waals surface area contributed by atoms with Crippen LogP contribution in [-0.4, -0.2) is 41.4 Å². The first-order chi connectivity index (χ1) is 17.9. The second-order valence-electron chi connectivity index (χ2n) is 11.0. The van der Waals surface area contributed by atoms with Gasteiger partial charge >= 0.3 is 0 Å². The number of aryl methyl sites for hydroxylation is 1. The Balaban J connectivity index is 1.27. The van der Waals surface area contributed by atoms with Gasteiger partial charge in [-0.1, -0.05) is 50.6 Å². The van der Waals surface area contributed by atoms with Gasteiger partial charge in [-0.3, -0.25) is 9.59 Å². The van der Waals surface area contributed by atoms with Crippen LogP contribution in [0.3, 0.4) is 0 Å².